The van der Waals surface area contributed by atoms with E-state index in [4.69, 9.17) is 4.74 Å². The molecule has 0 saturated carbocycles. The molecule has 52 valence electrons. The van der Waals surface area contributed by atoms with Crippen LogP contribution in [0.15, 0.2) is 0 Å². The Kier molecular flexibility index (Phi) is 9.20. The number of nitrogens with one attached hydrogen (secondary N) is 1. The summed E-state index contributed by atoms with van der Waals surface area (Å²) in [5.41, 5.74) is 0. The van der Waals surface area contributed by atoms with Gasteiger partial charge in [0.05, 0.1) is 13.2 Å². The molecule has 0 aromatic carbocycles. The standard InChI is InChI=1S/C4H9NO.2H3N/c1-3-6-4-2-5-1;;/h5H,1-4H2;2*1H3. The third-order valence-electron chi connectivity index (χ3n) is 0.846. The highest BCUT2D eigenvalue weighted by molar-refractivity contribution is 4.49. The second-order valence-electron chi connectivity index (χ2n) is 1.36. The summed E-state index contributed by atoms with van der Waals surface area (Å²) >= 11 is 0. The number of morpholine rings is 1. The predicted molar refractivity (Wildman–Crippen MR) is 33.7 cm³/mol. The van der Waals surface area contributed by atoms with Gasteiger partial charge in [-0.1, -0.05) is 0 Å². The van der Waals surface area contributed by atoms with E-state index >= 15 is 0 Å². The first kappa shape index (κ1) is 10.8. The Morgan fingerprint density at radius 3 is 1.62 bits per heavy atom. The molecule has 0 aliphatic carbocycles. The Morgan fingerprint density at radius 2 is 1.50 bits per heavy atom. The zero-order chi connectivity index (χ0) is 4.24. The molecule has 1 rings (SSSR count). The SMILES string of the molecule is C1COCCN1.N.N. The number of ether oxygens (including phenoxy) is 1. The quantitative estimate of drug-likeness (QED) is 0.418. The van der Waals surface area contributed by atoms with Crippen LogP contribution >= 0.6 is 0 Å². The average molecular weight is 121 g/mol. The van der Waals surface area contributed by atoms with E-state index in [-0.39, 0.29) is 12.3 Å². The second kappa shape index (κ2) is 6.84. The molecule has 1 aliphatic heterocycles. The minimum absolute atomic E-state index is 0. The molecule has 1 fully saturated rings. The lowest BCUT2D eigenvalue weighted by Crippen LogP contribution is -2.30. The molecule has 4 heteroatoms. The summed E-state index contributed by atoms with van der Waals surface area (Å²) in [6.07, 6.45) is 0. The van der Waals surface area contributed by atoms with Gasteiger partial charge in [0.15, 0.2) is 0 Å². The zero-order valence-electron chi connectivity index (χ0n) is 5.15. The Labute approximate surface area is 49.8 Å². The molecule has 0 unspecified atom stereocenters. The van der Waals surface area contributed by atoms with E-state index in [2.05, 4.69) is 5.32 Å². The Hall–Kier alpha value is -0.160. The molecular formula is C4H15N3O. The van der Waals surface area contributed by atoms with Crippen LogP contribution < -0.4 is 17.6 Å². The third kappa shape index (κ3) is 4.01. The van der Waals surface area contributed by atoms with Gasteiger partial charge in [0.2, 0.25) is 0 Å². The molecule has 4 nitrogen and oxygen atoms in total. The molecule has 0 radical (unpaired) electrons. The molecular weight excluding hydrogens is 106 g/mol. The van der Waals surface area contributed by atoms with E-state index in [1.807, 2.05) is 0 Å². The van der Waals surface area contributed by atoms with E-state index in [1.165, 1.54) is 0 Å². The van der Waals surface area contributed by atoms with Crippen LogP contribution in [-0.4, -0.2) is 26.3 Å². The van der Waals surface area contributed by atoms with Crippen molar-refractivity contribution in [3.8, 4) is 0 Å². The van der Waals surface area contributed by atoms with Crippen LogP contribution in [0.4, 0.5) is 0 Å². The van der Waals surface area contributed by atoms with Crippen molar-refractivity contribution in [2.45, 2.75) is 0 Å². The molecule has 0 amide bonds. The lowest BCUT2D eigenvalue weighted by molar-refractivity contribution is 0.109. The topological polar surface area (TPSA) is 91.3 Å². The fraction of sp³-hybridized carbons (Fsp3) is 1.00. The minimum atomic E-state index is 0. The first-order valence-corrected chi connectivity index (χ1v) is 2.28. The smallest absolute Gasteiger partial charge is 0.0591 e. The Bertz CT molecular complexity index is 26.8. The predicted octanol–water partition coefficient (Wildman–Crippen LogP) is -0.0698. The van der Waals surface area contributed by atoms with Crippen molar-refractivity contribution in [3.63, 3.8) is 0 Å². The Balaban J connectivity index is 0. The summed E-state index contributed by atoms with van der Waals surface area (Å²) in [5, 5.41) is 3.16. The van der Waals surface area contributed by atoms with Crippen LogP contribution in [0.25, 0.3) is 0 Å². The summed E-state index contributed by atoms with van der Waals surface area (Å²) < 4.78 is 5.01. The number of rotatable bonds is 0. The maximum absolute atomic E-state index is 5.01. The summed E-state index contributed by atoms with van der Waals surface area (Å²) in [7, 11) is 0. The van der Waals surface area contributed by atoms with Gasteiger partial charge in [-0.25, -0.2) is 0 Å². The average Bonchev–Trinajstić information content (AvgIpc) is 1.72. The van der Waals surface area contributed by atoms with Gasteiger partial charge >= 0.3 is 0 Å². The van der Waals surface area contributed by atoms with Gasteiger partial charge < -0.3 is 22.4 Å². The van der Waals surface area contributed by atoms with Gasteiger partial charge in [0.1, 0.15) is 0 Å². The molecule has 0 bridgehead atoms. The first-order valence-electron chi connectivity index (χ1n) is 2.28. The van der Waals surface area contributed by atoms with Gasteiger partial charge in [-0.05, 0) is 0 Å². The van der Waals surface area contributed by atoms with Crippen LogP contribution in [0, 0.1) is 0 Å². The van der Waals surface area contributed by atoms with E-state index in [1.54, 1.807) is 0 Å². The van der Waals surface area contributed by atoms with Crippen LogP contribution in [0.5, 0.6) is 0 Å². The van der Waals surface area contributed by atoms with Crippen molar-refractivity contribution in [3.05, 3.63) is 0 Å². The van der Waals surface area contributed by atoms with Crippen molar-refractivity contribution >= 4 is 0 Å². The van der Waals surface area contributed by atoms with E-state index in [9.17, 15) is 0 Å². The molecule has 1 aliphatic rings. The summed E-state index contributed by atoms with van der Waals surface area (Å²) in [6, 6.07) is 0. The van der Waals surface area contributed by atoms with Crippen molar-refractivity contribution in [2.24, 2.45) is 0 Å². The van der Waals surface area contributed by atoms with Crippen molar-refractivity contribution in [1.29, 1.82) is 0 Å². The van der Waals surface area contributed by atoms with Crippen molar-refractivity contribution in [2.75, 3.05) is 26.3 Å². The van der Waals surface area contributed by atoms with Crippen LogP contribution in [-0.2, 0) is 4.74 Å². The fourth-order valence-corrected chi connectivity index (χ4v) is 0.516. The summed E-state index contributed by atoms with van der Waals surface area (Å²) in [6.45, 7) is 3.83. The minimum Gasteiger partial charge on any atom is -0.379 e. The lowest BCUT2D eigenvalue weighted by atomic mass is 10.5. The second-order valence-corrected chi connectivity index (χ2v) is 1.36. The lowest BCUT2D eigenvalue weighted by Gasteiger charge is -2.10. The molecule has 0 aromatic heterocycles. The fourth-order valence-electron chi connectivity index (χ4n) is 0.516. The van der Waals surface area contributed by atoms with E-state index in [0.717, 1.165) is 26.3 Å². The maximum atomic E-state index is 5.01. The highest BCUT2D eigenvalue weighted by Gasteiger charge is 1.92. The molecule has 1 saturated heterocycles. The van der Waals surface area contributed by atoms with Crippen LogP contribution in [0.3, 0.4) is 0 Å². The molecule has 0 spiro atoms. The molecule has 0 aromatic rings. The van der Waals surface area contributed by atoms with Gasteiger partial charge in [-0.3, -0.25) is 0 Å². The van der Waals surface area contributed by atoms with Gasteiger partial charge in [0.25, 0.3) is 0 Å². The van der Waals surface area contributed by atoms with Crippen LogP contribution in [0.2, 0.25) is 0 Å². The zero-order valence-corrected chi connectivity index (χ0v) is 5.15. The summed E-state index contributed by atoms with van der Waals surface area (Å²) in [4.78, 5) is 0. The first-order chi connectivity index (χ1) is 3.00. The van der Waals surface area contributed by atoms with Crippen LogP contribution in [0.1, 0.15) is 0 Å². The number of hydrogen-bond donors (Lipinski definition) is 3. The molecule has 7 N–H and O–H groups in total. The summed E-state index contributed by atoms with van der Waals surface area (Å²) in [5.74, 6) is 0. The number of hydrogen-bond acceptors (Lipinski definition) is 4. The van der Waals surface area contributed by atoms with Crippen molar-refractivity contribution in [1.82, 2.24) is 17.6 Å². The molecule has 8 heavy (non-hydrogen) atoms. The van der Waals surface area contributed by atoms with E-state index in [0.29, 0.717) is 0 Å². The third-order valence-corrected chi connectivity index (χ3v) is 0.846. The van der Waals surface area contributed by atoms with E-state index < -0.39 is 0 Å². The Morgan fingerprint density at radius 1 is 1.00 bits per heavy atom. The largest absolute Gasteiger partial charge is 0.379 e. The maximum Gasteiger partial charge on any atom is 0.0591 e. The monoisotopic (exact) mass is 121 g/mol. The van der Waals surface area contributed by atoms with Gasteiger partial charge in [-0.15, -0.1) is 0 Å². The van der Waals surface area contributed by atoms with Gasteiger partial charge in [0, 0.05) is 13.1 Å². The highest BCUT2D eigenvalue weighted by Crippen LogP contribution is 1.76. The highest BCUT2D eigenvalue weighted by atomic mass is 16.5. The molecule has 1 heterocycles. The molecule has 0 atom stereocenters. The van der Waals surface area contributed by atoms with Crippen molar-refractivity contribution < 1.29 is 4.74 Å². The normalized spacial score (nSPS) is 18.0. The van der Waals surface area contributed by atoms with Gasteiger partial charge in [-0.2, -0.15) is 0 Å².